The van der Waals surface area contributed by atoms with E-state index in [2.05, 4.69) is 35.4 Å². The summed E-state index contributed by atoms with van der Waals surface area (Å²) in [5.41, 5.74) is 4.87. The molecule has 1 unspecified atom stereocenters. The maximum absolute atomic E-state index is 4.85. The zero-order chi connectivity index (χ0) is 13.9. The smallest absolute Gasteiger partial charge is 0.159 e. The van der Waals surface area contributed by atoms with Gasteiger partial charge in [0.1, 0.15) is 0 Å². The van der Waals surface area contributed by atoms with Crippen molar-refractivity contribution >= 4 is 0 Å². The van der Waals surface area contributed by atoms with Crippen molar-refractivity contribution in [1.82, 2.24) is 15.3 Å². The maximum atomic E-state index is 4.85. The molecular weight excluding hydrogens is 246 g/mol. The molecule has 2 aromatic rings. The second-order valence-electron chi connectivity index (χ2n) is 5.50. The molecule has 1 aliphatic rings. The molecule has 1 aliphatic carbocycles. The number of nitrogens with zero attached hydrogens (tertiary/aromatic N) is 2. The van der Waals surface area contributed by atoms with Crippen LogP contribution in [0.3, 0.4) is 0 Å². The lowest BCUT2D eigenvalue weighted by atomic mass is 10.0. The van der Waals surface area contributed by atoms with Gasteiger partial charge in [-0.2, -0.15) is 0 Å². The molecule has 1 N–H and O–H groups in total. The fourth-order valence-electron chi connectivity index (χ4n) is 2.97. The highest BCUT2D eigenvalue weighted by molar-refractivity contribution is 5.59. The number of benzene rings is 1. The van der Waals surface area contributed by atoms with Crippen molar-refractivity contribution in [1.29, 1.82) is 0 Å². The van der Waals surface area contributed by atoms with E-state index in [0.29, 0.717) is 6.04 Å². The Hall–Kier alpha value is -1.74. The summed E-state index contributed by atoms with van der Waals surface area (Å²) < 4.78 is 0. The predicted octanol–water partition coefficient (Wildman–Crippen LogP) is 3.44. The number of aryl methyl sites for hydroxylation is 2. The molecule has 0 amide bonds. The van der Waals surface area contributed by atoms with Crippen LogP contribution in [0, 0.1) is 6.92 Å². The summed E-state index contributed by atoms with van der Waals surface area (Å²) in [7, 11) is 2.02. The second-order valence-corrected chi connectivity index (χ2v) is 5.50. The van der Waals surface area contributed by atoms with Gasteiger partial charge in [-0.05, 0) is 38.8 Å². The van der Waals surface area contributed by atoms with Crippen LogP contribution in [0.4, 0.5) is 0 Å². The fourth-order valence-corrected chi connectivity index (χ4v) is 2.97. The van der Waals surface area contributed by atoms with Crippen molar-refractivity contribution < 1.29 is 0 Å². The lowest BCUT2D eigenvalue weighted by molar-refractivity contribution is 0.532. The molecule has 0 radical (unpaired) electrons. The predicted molar refractivity (Wildman–Crippen MR) is 81.6 cm³/mol. The molecule has 104 valence electrons. The minimum atomic E-state index is 0.401. The molecule has 3 nitrogen and oxygen atoms in total. The summed E-state index contributed by atoms with van der Waals surface area (Å²) in [6.07, 6.45) is 6.74. The molecule has 0 saturated carbocycles. The van der Waals surface area contributed by atoms with E-state index in [9.17, 15) is 0 Å². The zero-order valence-corrected chi connectivity index (χ0v) is 12.2. The van der Waals surface area contributed by atoms with E-state index >= 15 is 0 Å². The Balaban J connectivity index is 2.05. The van der Waals surface area contributed by atoms with Gasteiger partial charge in [-0.1, -0.05) is 30.7 Å². The molecule has 0 bridgehead atoms. The van der Waals surface area contributed by atoms with E-state index < -0.39 is 0 Å². The van der Waals surface area contributed by atoms with Crippen LogP contribution in [0.1, 0.15) is 42.1 Å². The van der Waals surface area contributed by atoms with Crippen molar-refractivity contribution in [3.63, 3.8) is 0 Å². The molecule has 1 heterocycles. The minimum Gasteiger partial charge on any atom is -0.313 e. The van der Waals surface area contributed by atoms with Gasteiger partial charge in [-0.25, -0.2) is 9.97 Å². The highest BCUT2D eigenvalue weighted by atomic mass is 14.9. The average Bonchev–Trinajstić information content (AvgIpc) is 2.69. The van der Waals surface area contributed by atoms with E-state index in [0.717, 1.165) is 17.8 Å². The molecule has 3 heteroatoms. The van der Waals surface area contributed by atoms with Crippen LogP contribution in [0.25, 0.3) is 11.4 Å². The molecule has 1 aromatic carbocycles. The van der Waals surface area contributed by atoms with E-state index in [1.54, 1.807) is 0 Å². The molecule has 3 rings (SSSR count). The Kier molecular flexibility index (Phi) is 3.79. The monoisotopic (exact) mass is 267 g/mol. The standard InChI is InChI=1S/C17H21N3/c1-12-7-3-4-8-13(12)17-19-11-14-15(18-2)9-5-6-10-16(14)20-17/h3-4,7-8,11,15,18H,5-6,9-10H2,1-2H3. The normalized spacial score (nSPS) is 18.4. The Bertz CT molecular complexity index is 607. The van der Waals surface area contributed by atoms with Crippen LogP contribution >= 0.6 is 0 Å². The third kappa shape index (κ3) is 2.46. The third-order valence-corrected chi connectivity index (χ3v) is 4.17. The number of fused-ring (bicyclic) bond motifs is 1. The van der Waals surface area contributed by atoms with Gasteiger partial charge in [-0.15, -0.1) is 0 Å². The van der Waals surface area contributed by atoms with Gasteiger partial charge in [0.25, 0.3) is 0 Å². The molecule has 0 aliphatic heterocycles. The highest BCUT2D eigenvalue weighted by Crippen LogP contribution is 2.29. The fraction of sp³-hybridized carbons (Fsp3) is 0.412. The van der Waals surface area contributed by atoms with E-state index in [4.69, 9.17) is 4.98 Å². The molecule has 1 aromatic heterocycles. The second kappa shape index (κ2) is 5.71. The van der Waals surface area contributed by atoms with Gasteiger partial charge in [0.05, 0.1) is 0 Å². The van der Waals surface area contributed by atoms with Crippen LogP contribution in [0.15, 0.2) is 30.5 Å². The van der Waals surface area contributed by atoms with Crippen molar-refractivity contribution in [3.05, 3.63) is 47.3 Å². The first-order valence-electron chi connectivity index (χ1n) is 7.38. The summed E-state index contributed by atoms with van der Waals surface area (Å²) in [5.74, 6) is 0.860. The number of hydrogen-bond acceptors (Lipinski definition) is 3. The van der Waals surface area contributed by atoms with Gasteiger partial charge in [0.2, 0.25) is 0 Å². The Labute approximate surface area is 120 Å². The Morgan fingerprint density at radius 1 is 1.20 bits per heavy atom. The molecule has 1 atom stereocenters. The first kappa shape index (κ1) is 13.3. The van der Waals surface area contributed by atoms with Crippen LogP contribution in [0.2, 0.25) is 0 Å². The average molecular weight is 267 g/mol. The first-order chi connectivity index (χ1) is 9.79. The number of hydrogen-bond donors (Lipinski definition) is 1. The first-order valence-corrected chi connectivity index (χ1v) is 7.38. The van der Waals surface area contributed by atoms with Crippen LogP contribution < -0.4 is 5.32 Å². The largest absolute Gasteiger partial charge is 0.313 e. The van der Waals surface area contributed by atoms with E-state index in [1.165, 1.54) is 36.1 Å². The minimum absolute atomic E-state index is 0.401. The van der Waals surface area contributed by atoms with Crippen molar-refractivity contribution in [3.8, 4) is 11.4 Å². The van der Waals surface area contributed by atoms with Crippen LogP contribution in [-0.2, 0) is 6.42 Å². The SMILES string of the molecule is CNC1CCCCc2nc(-c3ccccc3C)ncc21. The summed E-state index contributed by atoms with van der Waals surface area (Å²) in [6, 6.07) is 8.72. The number of rotatable bonds is 2. The van der Waals surface area contributed by atoms with Crippen LogP contribution in [-0.4, -0.2) is 17.0 Å². The topological polar surface area (TPSA) is 37.8 Å². The molecule has 20 heavy (non-hydrogen) atoms. The zero-order valence-electron chi connectivity index (χ0n) is 12.2. The lowest BCUT2D eigenvalue weighted by Crippen LogP contribution is -2.17. The van der Waals surface area contributed by atoms with Crippen molar-refractivity contribution in [2.75, 3.05) is 7.05 Å². The van der Waals surface area contributed by atoms with Crippen molar-refractivity contribution in [2.45, 2.75) is 38.6 Å². The lowest BCUT2D eigenvalue weighted by Gasteiger charge is -2.16. The molecule has 0 fully saturated rings. The van der Waals surface area contributed by atoms with Crippen molar-refractivity contribution in [2.24, 2.45) is 0 Å². The number of nitrogens with one attached hydrogen (secondary N) is 1. The number of aromatic nitrogens is 2. The summed E-state index contributed by atoms with van der Waals surface area (Å²) in [6.45, 7) is 2.11. The van der Waals surface area contributed by atoms with Gasteiger partial charge >= 0.3 is 0 Å². The summed E-state index contributed by atoms with van der Waals surface area (Å²) in [5, 5.41) is 3.39. The van der Waals surface area contributed by atoms with Gasteiger partial charge in [0.15, 0.2) is 5.82 Å². The molecule has 0 saturated heterocycles. The van der Waals surface area contributed by atoms with Gasteiger partial charge in [-0.3, -0.25) is 0 Å². The maximum Gasteiger partial charge on any atom is 0.159 e. The molecular formula is C17H21N3. The summed E-state index contributed by atoms with van der Waals surface area (Å²) >= 11 is 0. The quantitative estimate of drug-likeness (QED) is 0.847. The van der Waals surface area contributed by atoms with Gasteiger partial charge in [0, 0.05) is 29.1 Å². The Morgan fingerprint density at radius 3 is 2.85 bits per heavy atom. The summed E-state index contributed by atoms with van der Waals surface area (Å²) in [4.78, 5) is 9.46. The van der Waals surface area contributed by atoms with E-state index in [1.807, 2.05) is 19.3 Å². The van der Waals surface area contributed by atoms with E-state index in [-0.39, 0.29) is 0 Å². The highest BCUT2D eigenvalue weighted by Gasteiger charge is 2.19. The molecule has 0 spiro atoms. The Morgan fingerprint density at radius 2 is 2.05 bits per heavy atom. The van der Waals surface area contributed by atoms with Crippen LogP contribution in [0.5, 0.6) is 0 Å². The third-order valence-electron chi connectivity index (χ3n) is 4.17. The van der Waals surface area contributed by atoms with Gasteiger partial charge < -0.3 is 5.32 Å².